The lowest BCUT2D eigenvalue weighted by atomic mass is 10.2. The van der Waals surface area contributed by atoms with Crippen LogP contribution in [0.2, 0.25) is 0 Å². The fourth-order valence-electron chi connectivity index (χ4n) is 1.68. The number of carbonyl (C=O) groups is 1. The van der Waals surface area contributed by atoms with Crippen LogP contribution in [0.25, 0.3) is 0 Å². The molecule has 0 saturated carbocycles. The molecule has 1 amide bonds. The number of pyridine rings is 2. The van der Waals surface area contributed by atoms with Crippen LogP contribution in [0.1, 0.15) is 17.3 Å². The number of ether oxygens (including phenoxy) is 1. The Kier molecular flexibility index (Phi) is 4.49. The van der Waals surface area contributed by atoms with Crippen LogP contribution in [0.4, 0.5) is 11.4 Å². The normalized spacial score (nSPS) is 9.90. The first-order valence-electron chi connectivity index (χ1n) is 6.26. The summed E-state index contributed by atoms with van der Waals surface area (Å²) >= 11 is 0. The molecule has 0 saturated heterocycles. The zero-order chi connectivity index (χ0) is 14.4. The maximum atomic E-state index is 12.2. The van der Waals surface area contributed by atoms with Crippen molar-refractivity contribution >= 4 is 17.3 Å². The van der Waals surface area contributed by atoms with E-state index in [1.165, 1.54) is 6.20 Å². The molecule has 2 heterocycles. The van der Waals surface area contributed by atoms with Crippen molar-refractivity contribution in [1.82, 2.24) is 9.97 Å². The van der Waals surface area contributed by atoms with Crippen LogP contribution in [0.15, 0.2) is 36.8 Å². The Morgan fingerprint density at radius 3 is 2.80 bits per heavy atom. The summed E-state index contributed by atoms with van der Waals surface area (Å²) in [6, 6.07) is 5.19. The lowest BCUT2D eigenvalue weighted by Gasteiger charge is -2.09. The number of nitrogens with one attached hydrogen (secondary N) is 2. The van der Waals surface area contributed by atoms with Crippen molar-refractivity contribution < 1.29 is 9.53 Å². The van der Waals surface area contributed by atoms with Gasteiger partial charge in [-0.1, -0.05) is 0 Å². The number of aromatic nitrogens is 2. The highest BCUT2D eigenvalue weighted by Gasteiger charge is 2.11. The van der Waals surface area contributed by atoms with Gasteiger partial charge >= 0.3 is 0 Å². The molecule has 0 unspecified atom stereocenters. The molecule has 0 atom stereocenters. The molecule has 0 fully saturated rings. The van der Waals surface area contributed by atoms with E-state index < -0.39 is 0 Å². The number of hydrogen-bond acceptors (Lipinski definition) is 5. The Hall–Kier alpha value is -2.63. The minimum absolute atomic E-state index is 0.242. The summed E-state index contributed by atoms with van der Waals surface area (Å²) in [6.45, 7) is 2.44. The van der Waals surface area contributed by atoms with Gasteiger partial charge in [0.15, 0.2) is 0 Å². The number of nitrogens with zero attached hydrogens (tertiary/aromatic N) is 2. The van der Waals surface area contributed by atoms with E-state index in [4.69, 9.17) is 4.74 Å². The van der Waals surface area contributed by atoms with E-state index in [1.807, 2.05) is 6.92 Å². The third kappa shape index (κ3) is 3.23. The van der Waals surface area contributed by atoms with Gasteiger partial charge in [-0.3, -0.25) is 9.78 Å². The number of carbonyl (C=O) groups excluding carboxylic acids is 1. The fourth-order valence-corrected chi connectivity index (χ4v) is 1.68. The van der Waals surface area contributed by atoms with Gasteiger partial charge in [0.05, 0.1) is 24.1 Å². The second-order valence-electron chi connectivity index (χ2n) is 3.94. The van der Waals surface area contributed by atoms with Crippen LogP contribution >= 0.6 is 0 Å². The highest BCUT2D eigenvalue weighted by Crippen LogP contribution is 2.16. The van der Waals surface area contributed by atoms with Gasteiger partial charge in [0.1, 0.15) is 0 Å². The van der Waals surface area contributed by atoms with Crippen LogP contribution in [-0.4, -0.2) is 29.5 Å². The number of amides is 1. The predicted molar refractivity (Wildman–Crippen MR) is 77.1 cm³/mol. The molecule has 104 valence electrons. The van der Waals surface area contributed by atoms with E-state index in [1.54, 1.807) is 37.6 Å². The third-order valence-electron chi connectivity index (χ3n) is 2.62. The van der Waals surface area contributed by atoms with Crippen molar-refractivity contribution in [3.63, 3.8) is 0 Å². The Morgan fingerprint density at radius 2 is 2.15 bits per heavy atom. The van der Waals surface area contributed by atoms with Crippen molar-refractivity contribution in [2.45, 2.75) is 6.92 Å². The number of rotatable bonds is 5. The van der Waals surface area contributed by atoms with Gasteiger partial charge in [-0.25, -0.2) is 4.98 Å². The lowest BCUT2D eigenvalue weighted by Crippen LogP contribution is -2.14. The topological polar surface area (TPSA) is 76.1 Å². The average molecular weight is 272 g/mol. The van der Waals surface area contributed by atoms with Crippen LogP contribution < -0.4 is 15.4 Å². The summed E-state index contributed by atoms with van der Waals surface area (Å²) in [5, 5.41) is 5.72. The minimum atomic E-state index is -0.242. The molecule has 20 heavy (non-hydrogen) atoms. The van der Waals surface area contributed by atoms with Gasteiger partial charge in [0.25, 0.3) is 5.91 Å². The molecule has 6 nitrogen and oxygen atoms in total. The molecule has 0 aromatic carbocycles. The van der Waals surface area contributed by atoms with Crippen LogP contribution in [-0.2, 0) is 0 Å². The Morgan fingerprint density at radius 1 is 1.30 bits per heavy atom. The molecule has 0 bridgehead atoms. The molecule has 2 aromatic rings. The van der Waals surface area contributed by atoms with Gasteiger partial charge in [0, 0.05) is 31.2 Å². The zero-order valence-electron chi connectivity index (χ0n) is 11.4. The fraction of sp³-hybridized carbons (Fsp3) is 0.214. The van der Waals surface area contributed by atoms with E-state index in [9.17, 15) is 4.79 Å². The third-order valence-corrected chi connectivity index (χ3v) is 2.62. The standard InChI is InChI=1S/C14H16N4O2/c1-3-20-13-5-4-10(8-17-13)18-14(19)11-9-16-7-6-12(11)15-2/h4-9H,3H2,1-2H3,(H,15,16)(H,18,19). The van der Waals surface area contributed by atoms with Gasteiger partial charge in [-0.2, -0.15) is 0 Å². The molecule has 2 rings (SSSR count). The van der Waals surface area contributed by atoms with Crippen molar-refractivity contribution in [2.24, 2.45) is 0 Å². The zero-order valence-corrected chi connectivity index (χ0v) is 11.4. The summed E-state index contributed by atoms with van der Waals surface area (Å²) in [7, 11) is 1.75. The van der Waals surface area contributed by atoms with E-state index in [0.717, 1.165) is 5.69 Å². The maximum Gasteiger partial charge on any atom is 0.259 e. The van der Waals surface area contributed by atoms with Gasteiger partial charge < -0.3 is 15.4 Å². The number of anilines is 2. The molecular weight excluding hydrogens is 256 g/mol. The van der Waals surface area contributed by atoms with Crippen molar-refractivity contribution in [3.05, 3.63) is 42.4 Å². The molecule has 0 spiro atoms. The van der Waals surface area contributed by atoms with E-state index in [2.05, 4.69) is 20.6 Å². The summed E-state index contributed by atoms with van der Waals surface area (Å²) < 4.78 is 5.24. The van der Waals surface area contributed by atoms with Crippen molar-refractivity contribution in [1.29, 1.82) is 0 Å². The highest BCUT2D eigenvalue weighted by molar-refractivity contribution is 6.07. The molecule has 0 radical (unpaired) electrons. The average Bonchev–Trinajstić information content (AvgIpc) is 2.49. The van der Waals surface area contributed by atoms with Gasteiger partial charge in [-0.05, 0) is 19.1 Å². The van der Waals surface area contributed by atoms with E-state index in [-0.39, 0.29) is 5.91 Å². The van der Waals surface area contributed by atoms with E-state index in [0.29, 0.717) is 23.7 Å². The molecule has 0 aliphatic heterocycles. The molecule has 0 aliphatic carbocycles. The second kappa shape index (κ2) is 6.51. The summed E-state index contributed by atoms with van der Waals surface area (Å²) in [4.78, 5) is 20.2. The largest absolute Gasteiger partial charge is 0.478 e. The smallest absolute Gasteiger partial charge is 0.259 e. The first-order valence-corrected chi connectivity index (χ1v) is 6.26. The quantitative estimate of drug-likeness (QED) is 0.872. The Labute approximate surface area is 117 Å². The molecule has 0 aliphatic rings. The van der Waals surface area contributed by atoms with E-state index >= 15 is 0 Å². The van der Waals surface area contributed by atoms with Crippen LogP contribution in [0.5, 0.6) is 5.88 Å². The SMILES string of the molecule is CCOc1ccc(NC(=O)c2cnccc2NC)cn1. The molecule has 2 N–H and O–H groups in total. The van der Waals surface area contributed by atoms with Gasteiger partial charge in [0.2, 0.25) is 5.88 Å². The monoisotopic (exact) mass is 272 g/mol. The second-order valence-corrected chi connectivity index (χ2v) is 3.94. The summed E-state index contributed by atoms with van der Waals surface area (Å²) in [6.07, 6.45) is 4.70. The molecule has 6 heteroatoms. The maximum absolute atomic E-state index is 12.2. The first-order chi connectivity index (χ1) is 9.74. The highest BCUT2D eigenvalue weighted by atomic mass is 16.5. The van der Waals surface area contributed by atoms with Crippen molar-refractivity contribution in [2.75, 3.05) is 24.3 Å². The first kappa shape index (κ1) is 13.8. The van der Waals surface area contributed by atoms with Crippen molar-refractivity contribution in [3.8, 4) is 5.88 Å². The Balaban J connectivity index is 2.11. The minimum Gasteiger partial charge on any atom is -0.478 e. The van der Waals surface area contributed by atoms with Crippen LogP contribution in [0.3, 0.4) is 0 Å². The van der Waals surface area contributed by atoms with Crippen LogP contribution in [0, 0.1) is 0 Å². The number of hydrogen-bond donors (Lipinski definition) is 2. The lowest BCUT2D eigenvalue weighted by molar-refractivity contribution is 0.102. The molecule has 2 aromatic heterocycles. The Bertz CT molecular complexity index is 584. The predicted octanol–water partition coefficient (Wildman–Crippen LogP) is 2.17. The summed E-state index contributed by atoms with van der Waals surface area (Å²) in [5.41, 5.74) is 1.80. The van der Waals surface area contributed by atoms with Gasteiger partial charge in [-0.15, -0.1) is 0 Å². The molecular formula is C14H16N4O2. The summed E-state index contributed by atoms with van der Waals surface area (Å²) in [5.74, 6) is 0.288.